The van der Waals surface area contributed by atoms with Crippen molar-refractivity contribution < 1.29 is 92.1 Å². The Morgan fingerprint density at radius 2 is 0.857 bits per heavy atom. The predicted octanol–water partition coefficient (Wildman–Crippen LogP) is 4.55. The first kappa shape index (κ1) is 31.7. The summed E-state index contributed by atoms with van der Waals surface area (Å²) in [5.41, 5.74) is 0. The highest BCUT2D eigenvalue weighted by molar-refractivity contribution is 7.87. The Morgan fingerprint density at radius 1 is 0.543 bits per heavy atom. The molecule has 23 heteroatoms. The molecule has 0 saturated carbocycles. The zero-order valence-electron chi connectivity index (χ0n) is 15.7. The van der Waals surface area contributed by atoms with Gasteiger partial charge in [0.1, 0.15) is 0 Å². The van der Waals surface area contributed by atoms with Gasteiger partial charge in [-0.05, 0) is 0 Å². The third-order valence-electron chi connectivity index (χ3n) is 4.18. The molecule has 0 aromatic rings. The fourth-order valence-corrected chi connectivity index (χ4v) is 3.08. The standard InChI is InChI=1S/C12H8F17NO4S/c13-5(14,7(17,18)9(21,22)11(25,26)27)6(15,16)8(19,20)10(23,24)12(28,29)35(31,32)34-30-1-3-33-4-2-30/h1-4H2. The van der Waals surface area contributed by atoms with Crippen molar-refractivity contribution in [1.29, 1.82) is 0 Å². The maximum Gasteiger partial charge on any atom is 0.460 e. The van der Waals surface area contributed by atoms with E-state index in [-0.39, 0.29) is 5.06 Å². The van der Waals surface area contributed by atoms with Gasteiger partial charge in [-0.1, -0.05) is 0 Å². The first-order chi connectivity index (χ1) is 15.1. The molecule has 1 aliphatic rings. The maximum atomic E-state index is 13.8. The molecule has 0 aromatic carbocycles. The predicted molar refractivity (Wildman–Crippen MR) is 73.1 cm³/mol. The maximum absolute atomic E-state index is 13.8. The monoisotopic (exact) mass is 585 g/mol. The van der Waals surface area contributed by atoms with Crippen LogP contribution in [0, 0.1) is 0 Å². The SMILES string of the molecule is O=S(=O)(ON1CCOCC1)C(F)(F)C(F)(F)C(F)(F)C(F)(F)C(F)(F)C(F)(F)C(F)(F)C(F)(F)F. The van der Waals surface area contributed by atoms with Crippen LogP contribution in [0.15, 0.2) is 0 Å². The van der Waals surface area contributed by atoms with Gasteiger partial charge in [0.15, 0.2) is 0 Å². The smallest absolute Gasteiger partial charge is 0.379 e. The van der Waals surface area contributed by atoms with E-state index < -0.39 is 83.4 Å². The van der Waals surface area contributed by atoms with Gasteiger partial charge >= 0.3 is 57.1 Å². The molecule has 0 aromatic heterocycles. The van der Waals surface area contributed by atoms with Crippen LogP contribution in [0.3, 0.4) is 0 Å². The Kier molecular flexibility index (Phi) is 7.78. The number of hydroxylamine groups is 2. The van der Waals surface area contributed by atoms with Gasteiger partial charge in [-0.15, -0.1) is 0 Å². The molecular formula is C12H8F17NO4S. The van der Waals surface area contributed by atoms with Crippen LogP contribution < -0.4 is 0 Å². The molecule has 0 amide bonds. The number of rotatable bonds is 9. The lowest BCUT2D eigenvalue weighted by atomic mass is 9.91. The lowest BCUT2D eigenvalue weighted by Gasteiger charge is -2.42. The van der Waals surface area contributed by atoms with Crippen LogP contribution in [-0.4, -0.2) is 86.8 Å². The summed E-state index contributed by atoms with van der Waals surface area (Å²) >= 11 is 0. The van der Waals surface area contributed by atoms with E-state index in [9.17, 15) is 83.1 Å². The molecule has 1 rings (SSSR count). The third-order valence-corrected chi connectivity index (χ3v) is 5.47. The minimum atomic E-state index is -8.88. The van der Waals surface area contributed by atoms with E-state index in [1.54, 1.807) is 0 Å². The highest BCUT2D eigenvalue weighted by Crippen LogP contribution is 2.64. The van der Waals surface area contributed by atoms with Gasteiger partial charge in [0.05, 0.1) is 13.2 Å². The molecule has 210 valence electrons. The van der Waals surface area contributed by atoms with Crippen molar-refractivity contribution in [3.05, 3.63) is 0 Å². The molecule has 5 nitrogen and oxygen atoms in total. The fourth-order valence-electron chi connectivity index (χ4n) is 2.11. The second-order valence-corrected chi connectivity index (χ2v) is 8.10. The average molecular weight is 585 g/mol. The molecule has 1 saturated heterocycles. The van der Waals surface area contributed by atoms with E-state index >= 15 is 0 Å². The van der Waals surface area contributed by atoms with Gasteiger partial charge in [0, 0.05) is 13.1 Å². The normalized spacial score (nSPS) is 19.2. The quantitative estimate of drug-likeness (QED) is 0.372. The van der Waals surface area contributed by atoms with E-state index in [1.165, 1.54) is 0 Å². The molecule has 1 heterocycles. The van der Waals surface area contributed by atoms with Crippen LogP contribution in [0.1, 0.15) is 0 Å². The average Bonchev–Trinajstić information content (AvgIpc) is 2.66. The van der Waals surface area contributed by atoms with Crippen LogP contribution in [0.25, 0.3) is 0 Å². The van der Waals surface area contributed by atoms with E-state index in [0.29, 0.717) is 0 Å². The Bertz CT molecular complexity index is 878. The number of ether oxygens (including phenoxy) is 1. The lowest BCUT2D eigenvalue weighted by molar-refractivity contribution is -0.458. The second-order valence-electron chi connectivity index (χ2n) is 6.53. The van der Waals surface area contributed by atoms with E-state index in [0.717, 1.165) is 0 Å². The number of halogens is 17. The van der Waals surface area contributed by atoms with Crippen molar-refractivity contribution in [2.45, 2.75) is 47.0 Å². The van der Waals surface area contributed by atoms with Gasteiger partial charge in [-0.25, -0.2) is 0 Å². The van der Waals surface area contributed by atoms with E-state index in [2.05, 4.69) is 9.02 Å². The molecule has 0 aliphatic carbocycles. The van der Waals surface area contributed by atoms with Crippen LogP contribution in [0.5, 0.6) is 0 Å². The van der Waals surface area contributed by atoms with Crippen molar-refractivity contribution >= 4 is 10.1 Å². The second kappa shape index (κ2) is 8.60. The summed E-state index contributed by atoms with van der Waals surface area (Å²) in [6.07, 6.45) is -7.88. The molecule has 1 aliphatic heterocycles. The summed E-state index contributed by atoms with van der Waals surface area (Å²) in [4.78, 5) is 0. The zero-order chi connectivity index (χ0) is 28.3. The van der Waals surface area contributed by atoms with Gasteiger partial charge in [-0.3, -0.25) is 0 Å². The minimum absolute atomic E-state index is 0.203. The number of alkyl halides is 17. The van der Waals surface area contributed by atoms with Gasteiger partial charge in [-0.2, -0.15) is 92.4 Å². The molecule has 0 atom stereocenters. The summed E-state index contributed by atoms with van der Waals surface area (Å²) < 4.78 is 254. The van der Waals surface area contributed by atoms with Crippen LogP contribution in [-0.2, 0) is 19.1 Å². The number of hydrogen-bond acceptors (Lipinski definition) is 5. The Morgan fingerprint density at radius 3 is 1.20 bits per heavy atom. The highest BCUT2D eigenvalue weighted by atomic mass is 32.2. The summed E-state index contributed by atoms with van der Waals surface area (Å²) in [5.74, 6) is -51.8. The van der Waals surface area contributed by atoms with Crippen LogP contribution >= 0.6 is 0 Å². The van der Waals surface area contributed by atoms with E-state index in [1.807, 2.05) is 0 Å². The van der Waals surface area contributed by atoms with Gasteiger partial charge in [0.25, 0.3) is 0 Å². The number of nitrogens with zero attached hydrogens (tertiary/aromatic N) is 1. The Labute approximate surface area is 181 Å². The topological polar surface area (TPSA) is 55.8 Å². The molecule has 1 fully saturated rings. The molecule has 0 N–H and O–H groups in total. The molecule has 0 bridgehead atoms. The molecule has 0 spiro atoms. The van der Waals surface area contributed by atoms with Crippen molar-refractivity contribution in [2.75, 3.05) is 26.3 Å². The number of hydrogen-bond donors (Lipinski definition) is 0. The Hall–Kier alpha value is -1.36. The highest BCUT2D eigenvalue weighted by Gasteiger charge is 2.96. The lowest BCUT2D eigenvalue weighted by Crippen LogP contribution is -2.75. The third kappa shape index (κ3) is 4.38. The minimum Gasteiger partial charge on any atom is -0.379 e. The summed E-state index contributed by atoms with van der Waals surface area (Å²) in [5, 5.41) is -7.89. The molecular weight excluding hydrogens is 577 g/mol. The fraction of sp³-hybridized carbons (Fsp3) is 1.00. The zero-order valence-corrected chi connectivity index (χ0v) is 16.6. The summed E-state index contributed by atoms with van der Waals surface area (Å²) in [7, 11) is -7.58. The Balaban J connectivity index is 3.59. The summed E-state index contributed by atoms with van der Waals surface area (Å²) in [6.45, 7) is -2.88. The molecule has 0 radical (unpaired) electrons. The van der Waals surface area contributed by atoms with Gasteiger partial charge in [0.2, 0.25) is 0 Å². The van der Waals surface area contributed by atoms with Crippen LogP contribution in [0.4, 0.5) is 74.6 Å². The summed E-state index contributed by atoms with van der Waals surface area (Å²) in [6, 6.07) is 0. The first-order valence-corrected chi connectivity index (χ1v) is 9.47. The molecule has 0 unspecified atom stereocenters. The number of morpholine rings is 1. The van der Waals surface area contributed by atoms with Crippen molar-refractivity contribution in [3.8, 4) is 0 Å². The van der Waals surface area contributed by atoms with E-state index in [4.69, 9.17) is 0 Å². The van der Waals surface area contributed by atoms with Crippen molar-refractivity contribution in [3.63, 3.8) is 0 Å². The first-order valence-electron chi connectivity index (χ1n) is 8.06. The van der Waals surface area contributed by atoms with Gasteiger partial charge < -0.3 is 4.74 Å². The van der Waals surface area contributed by atoms with Crippen molar-refractivity contribution in [2.24, 2.45) is 0 Å². The van der Waals surface area contributed by atoms with Crippen molar-refractivity contribution in [1.82, 2.24) is 5.06 Å². The largest absolute Gasteiger partial charge is 0.460 e. The van der Waals surface area contributed by atoms with Crippen LogP contribution in [0.2, 0.25) is 0 Å². The molecule has 35 heavy (non-hydrogen) atoms.